The monoisotopic (exact) mass is 340 g/mol. The number of nitrogens with two attached hydrogens (primary N) is 1. The van der Waals surface area contributed by atoms with E-state index in [2.05, 4.69) is 9.46 Å². The van der Waals surface area contributed by atoms with E-state index < -0.39 is 16.0 Å². The van der Waals surface area contributed by atoms with Crippen LogP contribution in [0.4, 0.5) is 0 Å². The summed E-state index contributed by atoms with van der Waals surface area (Å²) < 4.78 is 32.7. The van der Waals surface area contributed by atoms with E-state index in [0.29, 0.717) is 17.0 Å². The molecule has 0 radical (unpaired) electrons. The zero-order chi connectivity index (χ0) is 17.0. The Morgan fingerprint density at radius 1 is 1.39 bits per heavy atom. The summed E-state index contributed by atoms with van der Waals surface area (Å²) in [5.41, 5.74) is 6.60. The molecule has 128 valence electrons. The number of carbonyl (C=O) groups excluding carboxylic acids is 1. The topological polar surface area (TPSA) is 98.5 Å². The van der Waals surface area contributed by atoms with E-state index in [1.807, 2.05) is 0 Å². The van der Waals surface area contributed by atoms with Crippen LogP contribution in [-0.2, 0) is 14.8 Å². The molecular weight excluding hydrogens is 316 g/mol. The van der Waals surface area contributed by atoms with E-state index in [1.165, 1.54) is 25.3 Å². The Labute approximate surface area is 137 Å². The van der Waals surface area contributed by atoms with Gasteiger partial charge in [-0.05, 0) is 49.4 Å². The average Bonchev–Trinajstić information content (AvgIpc) is 3.05. The fraction of sp³-hybridized carbons (Fsp3) is 0.562. The van der Waals surface area contributed by atoms with E-state index in [1.54, 1.807) is 6.92 Å². The molecule has 3 N–H and O–H groups in total. The zero-order valence-electron chi connectivity index (χ0n) is 13.5. The second kappa shape index (κ2) is 7.42. The summed E-state index contributed by atoms with van der Waals surface area (Å²) in [5.74, 6) is -0.194. The third-order valence-corrected chi connectivity index (χ3v) is 6.07. The number of esters is 1. The maximum absolute atomic E-state index is 12.6. The number of ether oxygens (including phenoxy) is 1. The number of hydrogen-bond acceptors (Lipinski definition) is 5. The number of rotatable bonds is 6. The Kier molecular flexibility index (Phi) is 5.78. The molecule has 1 unspecified atom stereocenters. The number of benzene rings is 1. The van der Waals surface area contributed by atoms with Crippen molar-refractivity contribution in [1.82, 2.24) is 4.72 Å². The fourth-order valence-electron chi connectivity index (χ4n) is 3.16. The Hall–Kier alpha value is -1.44. The van der Waals surface area contributed by atoms with Crippen LogP contribution in [-0.4, -0.2) is 34.1 Å². The molecule has 23 heavy (non-hydrogen) atoms. The van der Waals surface area contributed by atoms with Gasteiger partial charge < -0.3 is 10.5 Å². The number of aryl methyl sites for hydroxylation is 1. The van der Waals surface area contributed by atoms with E-state index in [-0.39, 0.29) is 17.5 Å². The Bertz CT molecular complexity index is 667. The first-order valence-corrected chi connectivity index (χ1v) is 9.28. The normalized spacial score (nSPS) is 17.2. The number of nitrogens with one attached hydrogen (secondary N) is 1. The van der Waals surface area contributed by atoms with Gasteiger partial charge in [-0.25, -0.2) is 17.9 Å². The summed E-state index contributed by atoms with van der Waals surface area (Å²) in [6.45, 7) is 1.94. The first-order valence-electron chi connectivity index (χ1n) is 7.80. The molecule has 0 aliphatic heterocycles. The number of hydrogen-bond donors (Lipinski definition) is 2. The van der Waals surface area contributed by atoms with E-state index in [4.69, 9.17) is 5.73 Å². The van der Waals surface area contributed by atoms with Gasteiger partial charge in [0.05, 0.1) is 17.6 Å². The van der Waals surface area contributed by atoms with Gasteiger partial charge in [0.1, 0.15) is 0 Å². The van der Waals surface area contributed by atoms with Gasteiger partial charge in [0, 0.05) is 12.6 Å². The maximum Gasteiger partial charge on any atom is 0.337 e. The lowest BCUT2D eigenvalue weighted by Gasteiger charge is -2.23. The highest BCUT2D eigenvalue weighted by molar-refractivity contribution is 7.89. The molecule has 1 aromatic rings. The number of carbonyl (C=O) groups is 1. The van der Waals surface area contributed by atoms with Gasteiger partial charge in [0.25, 0.3) is 0 Å². The van der Waals surface area contributed by atoms with Gasteiger partial charge >= 0.3 is 5.97 Å². The molecule has 1 aromatic carbocycles. The van der Waals surface area contributed by atoms with E-state index >= 15 is 0 Å². The van der Waals surface area contributed by atoms with Gasteiger partial charge in [-0.2, -0.15) is 0 Å². The molecule has 0 bridgehead atoms. The SMILES string of the molecule is COC(=O)c1ccc(S(=O)(=O)NC(CN)C2CCCC2)c(C)c1. The quantitative estimate of drug-likeness (QED) is 0.766. The molecule has 2 rings (SSSR count). The average molecular weight is 340 g/mol. The van der Waals surface area contributed by atoms with Crippen molar-refractivity contribution in [2.45, 2.75) is 43.5 Å². The largest absolute Gasteiger partial charge is 0.465 e. The Morgan fingerprint density at radius 3 is 2.57 bits per heavy atom. The summed E-state index contributed by atoms with van der Waals surface area (Å²) in [6, 6.07) is 4.17. The lowest BCUT2D eigenvalue weighted by molar-refractivity contribution is 0.0600. The molecule has 0 amide bonds. The third kappa shape index (κ3) is 4.10. The summed E-state index contributed by atoms with van der Waals surface area (Å²) in [7, 11) is -2.38. The molecule has 6 nitrogen and oxygen atoms in total. The molecule has 1 saturated carbocycles. The second-order valence-corrected chi connectivity index (χ2v) is 7.66. The Morgan fingerprint density at radius 2 is 2.04 bits per heavy atom. The van der Waals surface area contributed by atoms with Crippen LogP contribution in [0.25, 0.3) is 0 Å². The van der Waals surface area contributed by atoms with Gasteiger partial charge in [0.2, 0.25) is 10.0 Å². The van der Waals surface area contributed by atoms with Crippen LogP contribution in [0.2, 0.25) is 0 Å². The lowest BCUT2D eigenvalue weighted by Crippen LogP contribution is -2.44. The van der Waals surface area contributed by atoms with Crippen LogP contribution in [0.5, 0.6) is 0 Å². The van der Waals surface area contributed by atoms with Crippen molar-refractivity contribution in [1.29, 1.82) is 0 Å². The molecule has 0 heterocycles. The van der Waals surface area contributed by atoms with Crippen LogP contribution < -0.4 is 10.5 Å². The predicted octanol–water partition coefficient (Wildman–Crippen LogP) is 1.58. The highest BCUT2D eigenvalue weighted by Gasteiger charge is 2.29. The minimum atomic E-state index is -3.67. The van der Waals surface area contributed by atoms with Crippen molar-refractivity contribution >= 4 is 16.0 Å². The first kappa shape index (κ1) is 17.9. The van der Waals surface area contributed by atoms with E-state index in [9.17, 15) is 13.2 Å². The maximum atomic E-state index is 12.6. The van der Waals surface area contributed by atoms with Gasteiger partial charge in [-0.15, -0.1) is 0 Å². The third-order valence-electron chi connectivity index (χ3n) is 4.41. The van der Waals surface area contributed by atoms with Crippen molar-refractivity contribution < 1.29 is 17.9 Å². The highest BCUT2D eigenvalue weighted by Crippen LogP contribution is 2.28. The smallest absolute Gasteiger partial charge is 0.337 e. The van der Waals surface area contributed by atoms with Crippen LogP contribution in [0, 0.1) is 12.8 Å². The van der Waals surface area contributed by atoms with Crippen LogP contribution in [0.1, 0.15) is 41.6 Å². The van der Waals surface area contributed by atoms with Crippen molar-refractivity contribution in [3.63, 3.8) is 0 Å². The summed E-state index contributed by atoms with van der Waals surface area (Å²) in [4.78, 5) is 11.7. The molecule has 0 aromatic heterocycles. The molecule has 1 fully saturated rings. The molecular formula is C16H24N2O4S. The van der Waals surface area contributed by atoms with E-state index in [0.717, 1.165) is 25.7 Å². The first-order chi connectivity index (χ1) is 10.9. The standard InChI is InChI=1S/C16H24N2O4S/c1-11-9-13(16(19)22-2)7-8-15(11)23(20,21)18-14(10-17)12-5-3-4-6-12/h7-9,12,14,18H,3-6,10,17H2,1-2H3. The predicted molar refractivity (Wildman–Crippen MR) is 87.6 cm³/mol. The number of methoxy groups -OCH3 is 1. The molecule has 1 aliphatic rings. The second-order valence-electron chi connectivity index (χ2n) is 5.98. The molecule has 7 heteroatoms. The van der Waals surface area contributed by atoms with Gasteiger partial charge in [0.15, 0.2) is 0 Å². The van der Waals surface area contributed by atoms with Crippen molar-refractivity contribution in [2.24, 2.45) is 11.7 Å². The highest BCUT2D eigenvalue weighted by atomic mass is 32.2. The van der Waals surface area contributed by atoms with Crippen LogP contribution in [0.3, 0.4) is 0 Å². The van der Waals surface area contributed by atoms with Gasteiger partial charge in [-0.3, -0.25) is 0 Å². The fourth-order valence-corrected chi connectivity index (χ4v) is 4.70. The lowest BCUT2D eigenvalue weighted by atomic mass is 9.99. The van der Waals surface area contributed by atoms with Crippen LogP contribution in [0.15, 0.2) is 23.1 Å². The minimum Gasteiger partial charge on any atom is -0.465 e. The van der Waals surface area contributed by atoms with Crippen molar-refractivity contribution in [3.05, 3.63) is 29.3 Å². The van der Waals surface area contributed by atoms with Gasteiger partial charge in [-0.1, -0.05) is 12.8 Å². The molecule has 1 atom stereocenters. The molecule has 0 spiro atoms. The van der Waals surface area contributed by atoms with Crippen molar-refractivity contribution in [3.8, 4) is 0 Å². The Balaban J connectivity index is 2.23. The number of sulfonamides is 1. The minimum absolute atomic E-state index is 0.168. The summed E-state index contributed by atoms with van der Waals surface area (Å²) in [5, 5.41) is 0. The summed E-state index contributed by atoms with van der Waals surface area (Å²) in [6.07, 6.45) is 4.25. The summed E-state index contributed by atoms with van der Waals surface area (Å²) >= 11 is 0. The molecule has 0 saturated heterocycles. The molecule has 1 aliphatic carbocycles. The van der Waals surface area contributed by atoms with Crippen molar-refractivity contribution in [2.75, 3.05) is 13.7 Å². The zero-order valence-corrected chi connectivity index (χ0v) is 14.4. The van der Waals surface area contributed by atoms with Crippen LogP contribution >= 0.6 is 0 Å².